The van der Waals surface area contributed by atoms with E-state index in [0.717, 1.165) is 12.0 Å². The van der Waals surface area contributed by atoms with Crippen molar-refractivity contribution in [3.8, 4) is 11.5 Å². The van der Waals surface area contributed by atoms with Crippen molar-refractivity contribution >= 4 is 34.4 Å². The second-order valence-corrected chi connectivity index (χ2v) is 9.14. The molecule has 3 heterocycles. The number of benzene rings is 2. The van der Waals surface area contributed by atoms with E-state index >= 15 is 0 Å². The van der Waals surface area contributed by atoms with Crippen LogP contribution in [0, 0.1) is 0 Å². The number of rotatable bonds is 3. The van der Waals surface area contributed by atoms with Crippen molar-refractivity contribution in [1.82, 2.24) is 0 Å². The molecule has 5 nitrogen and oxygen atoms in total. The SMILES string of the molecule is CCCc1c(Cl)c(=O)oc2c3c(c4c(c12)OC(C)(C)C=C4)OC(c1ccccc1)CC3=O. The van der Waals surface area contributed by atoms with Gasteiger partial charge in [-0.05, 0) is 43.5 Å². The van der Waals surface area contributed by atoms with Crippen LogP contribution in [0.4, 0.5) is 0 Å². The minimum Gasteiger partial charge on any atom is -0.484 e. The molecule has 0 bridgehead atoms. The predicted octanol–water partition coefficient (Wildman–Crippen LogP) is 6.29. The molecular formula is C26H23ClO5. The van der Waals surface area contributed by atoms with Crippen molar-refractivity contribution in [2.45, 2.75) is 51.7 Å². The standard InChI is InChI=1S/C26H23ClO5/c1-4-8-15-19-23-16(11-12-26(2,3)32-23)22-20(24(19)31-25(29)21(15)27)17(28)13-18(30-22)14-9-6-5-7-10-14/h5-7,9-12,18H,4,8,13H2,1-3H3. The zero-order valence-corrected chi connectivity index (χ0v) is 18.9. The molecule has 0 amide bonds. The van der Waals surface area contributed by atoms with Crippen LogP contribution in [-0.4, -0.2) is 11.4 Å². The Labute approximate surface area is 190 Å². The van der Waals surface area contributed by atoms with E-state index in [-0.39, 0.29) is 28.4 Å². The number of fused-ring (bicyclic) bond motifs is 6. The summed E-state index contributed by atoms with van der Waals surface area (Å²) in [5, 5.41) is 0.613. The maximum atomic E-state index is 13.4. The van der Waals surface area contributed by atoms with Crippen molar-refractivity contribution in [3.63, 3.8) is 0 Å². The molecular weight excluding hydrogens is 428 g/mol. The Hall–Kier alpha value is -3.05. The maximum absolute atomic E-state index is 13.4. The number of hydrogen-bond acceptors (Lipinski definition) is 5. The Morgan fingerprint density at radius 1 is 1.12 bits per heavy atom. The van der Waals surface area contributed by atoms with Gasteiger partial charge in [0, 0.05) is 0 Å². The monoisotopic (exact) mass is 450 g/mol. The number of ether oxygens (including phenoxy) is 2. The highest BCUT2D eigenvalue weighted by Gasteiger charge is 2.38. The van der Waals surface area contributed by atoms with E-state index in [1.807, 2.05) is 63.3 Å². The smallest absolute Gasteiger partial charge is 0.355 e. The number of ketones is 1. The fourth-order valence-corrected chi connectivity index (χ4v) is 4.68. The van der Waals surface area contributed by atoms with Crippen LogP contribution < -0.4 is 15.1 Å². The summed E-state index contributed by atoms with van der Waals surface area (Å²) in [6.45, 7) is 5.89. The topological polar surface area (TPSA) is 65.7 Å². The van der Waals surface area contributed by atoms with E-state index < -0.39 is 17.3 Å². The molecule has 2 aromatic carbocycles. The summed E-state index contributed by atoms with van der Waals surface area (Å²) in [5.74, 6) is 0.776. The third kappa shape index (κ3) is 3.23. The molecule has 5 rings (SSSR count). The summed E-state index contributed by atoms with van der Waals surface area (Å²) < 4.78 is 18.4. The molecule has 0 N–H and O–H groups in total. The Bertz CT molecular complexity index is 1330. The molecule has 1 atom stereocenters. The molecule has 0 fully saturated rings. The van der Waals surface area contributed by atoms with Crippen LogP contribution in [0.1, 0.15) is 66.8 Å². The third-order valence-electron chi connectivity index (χ3n) is 5.94. The molecule has 0 saturated carbocycles. The van der Waals surface area contributed by atoms with Crippen LogP contribution in [0.5, 0.6) is 11.5 Å². The van der Waals surface area contributed by atoms with Gasteiger partial charge in [0.2, 0.25) is 0 Å². The Kier molecular flexibility index (Phi) is 4.90. The van der Waals surface area contributed by atoms with E-state index in [9.17, 15) is 9.59 Å². The first-order valence-electron chi connectivity index (χ1n) is 10.8. The molecule has 2 aliphatic rings. The zero-order chi connectivity index (χ0) is 22.6. The molecule has 0 saturated heterocycles. The second-order valence-electron chi connectivity index (χ2n) is 8.77. The van der Waals surface area contributed by atoms with Crippen molar-refractivity contribution in [3.05, 3.63) is 74.1 Å². The predicted molar refractivity (Wildman–Crippen MR) is 124 cm³/mol. The quantitative estimate of drug-likeness (QED) is 0.439. The van der Waals surface area contributed by atoms with Crippen LogP contribution in [0.3, 0.4) is 0 Å². The molecule has 1 aromatic heterocycles. The van der Waals surface area contributed by atoms with Gasteiger partial charge < -0.3 is 13.9 Å². The summed E-state index contributed by atoms with van der Waals surface area (Å²) in [6, 6.07) is 9.62. The van der Waals surface area contributed by atoms with Gasteiger partial charge in [-0.3, -0.25) is 4.79 Å². The minimum atomic E-state index is -0.659. The third-order valence-corrected chi connectivity index (χ3v) is 6.32. The van der Waals surface area contributed by atoms with Gasteiger partial charge >= 0.3 is 5.63 Å². The first-order chi connectivity index (χ1) is 15.3. The van der Waals surface area contributed by atoms with Crippen molar-refractivity contribution in [2.24, 2.45) is 0 Å². The molecule has 164 valence electrons. The Balaban J connectivity index is 1.85. The Morgan fingerprint density at radius 3 is 2.59 bits per heavy atom. The van der Waals surface area contributed by atoms with Crippen molar-refractivity contribution < 1.29 is 18.7 Å². The van der Waals surface area contributed by atoms with E-state index in [0.29, 0.717) is 34.4 Å². The number of Topliss-reactive ketones (excluding diaryl/α,β-unsaturated/α-hetero) is 1. The van der Waals surface area contributed by atoms with Crippen LogP contribution in [0.25, 0.3) is 17.0 Å². The average molecular weight is 451 g/mol. The molecule has 32 heavy (non-hydrogen) atoms. The molecule has 6 heteroatoms. The lowest BCUT2D eigenvalue weighted by molar-refractivity contribution is 0.0848. The van der Waals surface area contributed by atoms with E-state index in [2.05, 4.69) is 0 Å². The normalized spacial score (nSPS) is 18.6. The summed E-state index contributed by atoms with van der Waals surface area (Å²) in [7, 11) is 0. The lowest BCUT2D eigenvalue weighted by Crippen LogP contribution is -2.29. The Morgan fingerprint density at radius 2 is 1.88 bits per heavy atom. The van der Waals surface area contributed by atoms with Crippen LogP contribution in [0.2, 0.25) is 5.02 Å². The number of carbonyl (C=O) groups is 1. The number of aryl methyl sites for hydroxylation is 1. The molecule has 1 unspecified atom stereocenters. The number of halogens is 1. The fraction of sp³-hybridized carbons (Fsp3) is 0.308. The van der Waals surface area contributed by atoms with Crippen molar-refractivity contribution in [2.75, 3.05) is 0 Å². The summed E-state index contributed by atoms with van der Waals surface area (Å²) in [5.41, 5.74) is 1.45. The van der Waals surface area contributed by atoms with Gasteiger partial charge in [0.25, 0.3) is 0 Å². The highest BCUT2D eigenvalue weighted by atomic mass is 35.5. The van der Waals surface area contributed by atoms with Gasteiger partial charge in [0.05, 0.1) is 17.4 Å². The van der Waals surface area contributed by atoms with Gasteiger partial charge in [0.1, 0.15) is 33.8 Å². The van der Waals surface area contributed by atoms with Crippen LogP contribution in [-0.2, 0) is 6.42 Å². The molecule has 0 radical (unpaired) electrons. The summed E-state index contributed by atoms with van der Waals surface area (Å²) in [6.07, 6.45) is 4.89. The highest BCUT2D eigenvalue weighted by Crippen LogP contribution is 2.51. The number of hydrogen-bond donors (Lipinski definition) is 0. The first-order valence-corrected chi connectivity index (χ1v) is 11.2. The highest BCUT2D eigenvalue weighted by molar-refractivity contribution is 6.32. The molecule has 3 aromatic rings. The van der Waals surface area contributed by atoms with Crippen molar-refractivity contribution in [1.29, 1.82) is 0 Å². The van der Waals surface area contributed by atoms with E-state index in [4.69, 9.17) is 25.5 Å². The van der Waals surface area contributed by atoms with Gasteiger partial charge in [-0.25, -0.2) is 4.79 Å². The van der Waals surface area contributed by atoms with Gasteiger partial charge in [-0.1, -0.05) is 55.3 Å². The van der Waals surface area contributed by atoms with E-state index in [1.165, 1.54) is 0 Å². The zero-order valence-electron chi connectivity index (χ0n) is 18.2. The average Bonchev–Trinajstić information content (AvgIpc) is 2.76. The lowest BCUT2D eigenvalue weighted by Gasteiger charge is -2.34. The minimum absolute atomic E-state index is 0.0313. The number of carbonyl (C=O) groups excluding carboxylic acids is 1. The second kappa shape index (κ2) is 7.52. The molecule has 0 aliphatic carbocycles. The van der Waals surface area contributed by atoms with Crippen LogP contribution >= 0.6 is 11.6 Å². The molecule has 0 spiro atoms. The van der Waals surface area contributed by atoms with Gasteiger partial charge in [-0.15, -0.1) is 0 Å². The summed E-state index contributed by atoms with van der Waals surface area (Å²) >= 11 is 6.39. The fourth-order valence-electron chi connectivity index (χ4n) is 4.46. The summed E-state index contributed by atoms with van der Waals surface area (Å²) in [4.78, 5) is 26.0. The largest absolute Gasteiger partial charge is 0.484 e. The molecule has 2 aliphatic heterocycles. The lowest BCUT2D eigenvalue weighted by atomic mass is 9.88. The van der Waals surface area contributed by atoms with Gasteiger partial charge in [-0.2, -0.15) is 0 Å². The van der Waals surface area contributed by atoms with E-state index in [1.54, 1.807) is 0 Å². The maximum Gasteiger partial charge on any atom is 0.355 e. The van der Waals surface area contributed by atoms with Gasteiger partial charge in [0.15, 0.2) is 11.4 Å². The first kappa shape index (κ1) is 20.8. The van der Waals surface area contributed by atoms with Crippen LogP contribution in [0.15, 0.2) is 45.6 Å².